The van der Waals surface area contributed by atoms with Gasteiger partial charge in [-0.05, 0) is 18.9 Å². The SMILES string of the molecule is C#CCOCCOCCOCCOCCN(CCOCCCNC(=O)CC)CCOCCCNC(=O)CO[C@@H]([C@@H]1OC(C(=O)O)=C[C@H](NC(=N)N)[C@H]1NC(C)=O)[C@H](O)CO. The third kappa shape index (κ3) is 26.1. The van der Waals surface area contributed by atoms with Gasteiger partial charge in [0.1, 0.15) is 25.4 Å². The minimum atomic E-state index is -1.66. The van der Waals surface area contributed by atoms with E-state index in [4.69, 9.17) is 55.5 Å². The molecule has 0 aromatic rings. The number of nitrogens with zero attached hydrogens (tertiary/aromatic N) is 1. The molecule has 0 fully saturated rings. The molecule has 0 radical (unpaired) electrons. The predicted octanol–water partition coefficient (Wildman–Crippen LogP) is -3.09. The van der Waals surface area contributed by atoms with Gasteiger partial charge >= 0.3 is 5.97 Å². The van der Waals surface area contributed by atoms with Gasteiger partial charge in [0.15, 0.2) is 12.1 Å². The number of carbonyl (C=O) groups is 4. The van der Waals surface area contributed by atoms with Crippen molar-refractivity contribution in [2.75, 3.05) is 125 Å². The lowest BCUT2D eigenvalue weighted by Crippen LogP contribution is -2.64. The monoisotopic (exact) mass is 861 g/mol. The van der Waals surface area contributed by atoms with E-state index in [1.54, 1.807) is 6.92 Å². The first-order valence-corrected chi connectivity index (χ1v) is 20.0. The number of aliphatic carboxylic acids is 1. The van der Waals surface area contributed by atoms with Gasteiger partial charge in [0.25, 0.3) is 0 Å². The molecule has 0 aliphatic carbocycles. The summed E-state index contributed by atoms with van der Waals surface area (Å²) in [6.45, 7) is 9.21. The van der Waals surface area contributed by atoms with Crippen LogP contribution >= 0.6 is 0 Å². The molecule has 0 bridgehead atoms. The molecule has 0 saturated heterocycles. The number of hydrogen-bond donors (Lipinski definition) is 9. The van der Waals surface area contributed by atoms with Crippen molar-refractivity contribution in [1.29, 1.82) is 5.41 Å². The number of carbonyl (C=O) groups excluding carboxylic acids is 3. The zero-order chi connectivity index (χ0) is 44.4. The molecule has 0 saturated carbocycles. The maximum Gasteiger partial charge on any atom is 0.370 e. The fourth-order valence-electron chi connectivity index (χ4n) is 5.43. The highest BCUT2D eigenvalue weighted by Crippen LogP contribution is 2.25. The average molecular weight is 862 g/mol. The summed E-state index contributed by atoms with van der Waals surface area (Å²) < 4.78 is 44.6. The van der Waals surface area contributed by atoms with Gasteiger partial charge in [-0.15, -0.1) is 6.42 Å². The quantitative estimate of drug-likeness (QED) is 0.0129. The van der Waals surface area contributed by atoms with E-state index >= 15 is 0 Å². The minimum Gasteiger partial charge on any atom is -0.478 e. The number of carboxylic acid groups (broad SMARTS) is 1. The van der Waals surface area contributed by atoms with Crippen LogP contribution in [0.15, 0.2) is 11.8 Å². The Labute approximate surface area is 351 Å². The molecule has 22 nitrogen and oxygen atoms in total. The Bertz CT molecular complexity index is 1310. The second kappa shape index (κ2) is 34.6. The standard InChI is InChI=1S/C38H67N7O15/c1-4-13-53-19-21-57-23-24-58-22-20-56-18-12-45(10-16-54-14-6-8-41-32(49)5-2)11-17-55-15-7-9-42-33(50)27-59-35(30(48)26-46)36-34(43-28(3)47)29(44-38(39)40)25-31(60-36)37(51)52/h1,25,29-30,34-36,46,48H,5-24,26-27H2,2-3H3,(H,41,49)(H,42,50)(H,43,47)(H,51,52)(H4,39,40,44)/t29-,30+,34+,35+,36+/m0/s1. The van der Waals surface area contributed by atoms with Crippen LogP contribution in [0.4, 0.5) is 0 Å². The van der Waals surface area contributed by atoms with Crippen molar-refractivity contribution in [3.05, 3.63) is 11.8 Å². The second-order valence-corrected chi connectivity index (χ2v) is 13.2. The first-order valence-electron chi connectivity index (χ1n) is 20.0. The summed E-state index contributed by atoms with van der Waals surface area (Å²) in [5.41, 5.74) is 5.47. The van der Waals surface area contributed by atoms with Crippen molar-refractivity contribution < 1.29 is 72.4 Å². The molecule has 1 aliphatic rings. The summed E-state index contributed by atoms with van der Waals surface area (Å²) in [6.07, 6.45) is 3.24. The van der Waals surface area contributed by atoms with Gasteiger partial charge in [0, 0.05) is 59.3 Å². The zero-order valence-electron chi connectivity index (χ0n) is 34.9. The summed E-state index contributed by atoms with van der Waals surface area (Å²) in [7, 11) is 0. The maximum atomic E-state index is 12.7. The summed E-state index contributed by atoms with van der Waals surface area (Å²) in [5.74, 6) is -1.35. The first-order chi connectivity index (χ1) is 28.9. The Balaban J connectivity index is 2.53. The normalized spacial score (nSPS) is 17.1. The van der Waals surface area contributed by atoms with Crippen LogP contribution in [0.25, 0.3) is 0 Å². The molecule has 0 aromatic heterocycles. The van der Waals surface area contributed by atoms with Gasteiger partial charge in [-0.1, -0.05) is 12.8 Å². The molecular weight excluding hydrogens is 794 g/mol. The number of terminal acetylenes is 1. The van der Waals surface area contributed by atoms with Crippen LogP contribution in [0.5, 0.6) is 0 Å². The van der Waals surface area contributed by atoms with Crippen molar-refractivity contribution in [3.63, 3.8) is 0 Å². The summed E-state index contributed by atoms with van der Waals surface area (Å²) >= 11 is 0. The first kappa shape index (κ1) is 53.9. The van der Waals surface area contributed by atoms with Crippen LogP contribution in [0.3, 0.4) is 0 Å². The number of amides is 3. The van der Waals surface area contributed by atoms with Crippen LogP contribution < -0.4 is 27.0 Å². The second-order valence-electron chi connectivity index (χ2n) is 13.2. The van der Waals surface area contributed by atoms with E-state index in [1.165, 1.54) is 6.92 Å². The highest BCUT2D eigenvalue weighted by atomic mass is 16.6. The number of nitrogens with two attached hydrogens (primary N) is 1. The third-order valence-electron chi connectivity index (χ3n) is 8.39. The van der Waals surface area contributed by atoms with Crippen LogP contribution in [-0.4, -0.2) is 205 Å². The number of guanidine groups is 1. The Morgan fingerprint density at radius 3 is 1.87 bits per heavy atom. The number of hydrogen-bond acceptors (Lipinski definition) is 16. The molecule has 22 heteroatoms. The molecule has 3 amide bonds. The topological polar surface area (TPSA) is 304 Å². The third-order valence-corrected chi connectivity index (χ3v) is 8.39. The lowest BCUT2D eigenvalue weighted by Gasteiger charge is -2.41. The van der Waals surface area contributed by atoms with Crippen LogP contribution in [0.1, 0.15) is 33.1 Å². The number of aliphatic hydroxyl groups excluding tert-OH is 2. The van der Waals surface area contributed by atoms with E-state index in [0.717, 1.165) is 6.08 Å². The van der Waals surface area contributed by atoms with Crippen LogP contribution in [0, 0.1) is 17.8 Å². The van der Waals surface area contributed by atoms with Crippen molar-refractivity contribution in [2.24, 2.45) is 5.73 Å². The average Bonchev–Trinajstić information content (AvgIpc) is 3.21. The molecule has 0 aromatic carbocycles. The molecule has 344 valence electrons. The molecular formula is C38H67N7O15. The minimum absolute atomic E-state index is 0.00237. The molecule has 1 aliphatic heterocycles. The zero-order valence-corrected chi connectivity index (χ0v) is 34.9. The Hall–Kier alpha value is -4.15. The number of carboxylic acids is 1. The van der Waals surface area contributed by atoms with E-state index in [1.807, 2.05) is 0 Å². The van der Waals surface area contributed by atoms with Gasteiger partial charge in [0.05, 0.1) is 78.2 Å². The summed E-state index contributed by atoms with van der Waals surface area (Å²) in [4.78, 5) is 50.1. The number of nitrogens with one attached hydrogen (secondary N) is 5. The fraction of sp³-hybridized carbons (Fsp3) is 0.763. The molecule has 0 spiro atoms. The molecule has 0 unspecified atom stereocenters. The highest BCUT2D eigenvalue weighted by Gasteiger charge is 2.45. The summed E-state index contributed by atoms with van der Waals surface area (Å²) in [6, 6.07) is -2.21. The number of rotatable bonds is 37. The van der Waals surface area contributed by atoms with Gasteiger partial charge in [-0.3, -0.25) is 24.7 Å². The fourth-order valence-corrected chi connectivity index (χ4v) is 5.43. The van der Waals surface area contributed by atoms with E-state index < -0.39 is 73.1 Å². The molecule has 60 heavy (non-hydrogen) atoms. The van der Waals surface area contributed by atoms with E-state index in [0.29, 0.717) is 118 Å². The lowest BCUT2D eigenvalue weighted by molar-refractivity contribution is -0.159. The van der Waals surface area contributed by atoms with Crippen molar-refractivity contribution in [1.82, 2.24) is 26.2 Å². The Morgan fingerprint density at radius 1 is 0.867 bits per heavy atom. The van der Waals surface area contributed by atoms with Gasteiger partial charge in [0.2, 0.25) is 23.5 Å². The smallest absolute Gasteiger partial charge is 0.370 e. The van der Waals surface area contributed by atoms with E-state index in [-0.39, 0.29) is 19.1 Å². The lowest BCUT2D eigenvalue weighted by atomic mass is 9.91. The predicted molar refractivity (Wildman–Crippen MR) is 216 cm³/mol. The Kier molecular flexibility index (Phi) is 31.0. The van der Waals surface area contributed by atoms with Crippen molar-refractivity contribution >= 4 is 29.7 Å². The van der Waals surface area contributed by atoms with E-state index in [9.17, 15) is 34.5 Å². The van der Waals surface area contributed by atoms with E-state index in [2.05, 4.69) is 32.1 Å². The maximum absolute atomic E-state index is 12.7. The largest absolute Gasteiger partial charge is 0.478 e. The van der Waals surface area contributed by atoms with Gasteiger partial charge < -0.3 is 80.2 Å². The van der Waals surface area contributed by atoms with Crippen LogP contribution in [0.2, 0.25) is 0 Å². The number of ether oxygens (including phenoxy) is 8. The highest BCUT2D eigenvalue weighted by molar-refractivity contribution is 5.85. The molecule has 5 atom stereocenters. The number of aliphatic hydroxyl groups is 2. The van der Waals surface area contributed by atoms with Crippen molar-refractivity contribution in [3.8, 4) is 12.3 Å². The Morgan fingerprint density at radius 2 is 1.38 bits per heavy atom. The molecule has 10 N–H and O–H groups in total. The summed E-state index contributed by atoms with van der Waals surface area (Å²) in [5, 5.41) is 48.1. The van der Waals surface area contributed by atoms with Gasteiger partial charge in [-0.25, -0.2) is 4.79 Å². The van der Waals surface area contributed by atoms with Gasteiger partial charge in [-0.2, -0.15) is 0 Å². The van der Waals surface area contributed by atoms with Crippen molar-refractivity contribution in [2.45, 2.75) is 63.5 Å². The molecule has 1 heterocycles. The van der Waals surface area contributed by atoms with Crippen LogP contribution in [-0.2, 0) is 57.1 Å². The molecule has 1 rings (SSSR count).